The number of carbonyl (C=O) groups excluding carboxylic acids is 1. The Morgan fingerprint density at radius 3 is 2.56 bits per heavy atom. The normalized spacial score (nSPS) is 24.6. The number of nitrogens with one attached hydrogen (secondary N) is 1. The summed E-state index contributed by atoms with van der Waals surface area (Å²) in [5, 5.41) is 12.1. The van der Waals surface area contributed by atoms with Crippen molar-refractivity contribution < 1.29 is 19.5 Å². The fourth-order valence-electron chi connectivity index (χ4n) is 1.77. The second-order valence-electron chi connectivity index (χ2n) is 3.67. The molecule has 1 fully saturated rings. The van der Waals surface area contributed by atoms with Gasteiger partial charge in [0.1, 0.15) is 6.10 Å². The topological polar surface area (TPSA) is 90.7 Å². The lowest BCUT2D eigenvalue weighted by molar-refractivity contribution is -0.769. The SMILES string of the molecule is CCOC(=O)NC1CCC(O[N+](=O)[O-])CC1. The summed E-state index contributed by atoms with van der Waals surface area (Å²) in [5.74, 6) is 0. The molecule has 0 saturated heterocycles. The van der Waals surface area contributed by atoms with Gasteiger partial charge in [-0.1, -0.05) is 0 Å². The lowest BCUT2D eigenvalue weighted by atomic mass is 9.93. The quantitative estimate of drug-likeness (QED) is 0.581. The standard InChI is InChI=1S/C9H16N2O5/c1-2-15-9(12)10-7-3-5-8(6-4-7)16-11(13)14/h7-8H,2-6H2,1H3,(H,10,12). The van der Waals surface area contributed by atoms with Gasteiger partial charge in [-0.05, 0) is 32.6 Å². The summed E-state index contributed by atoms with van der Waals surface area (Å²) in [6.45, 7) is 2.08. The highest BCUT2D eigenvalue weighted by Crippen LogP contribution is 2.21. The summed E-state index contributed by atoms with van der Waals surface area (Å²) < 4.78 is 4.75. The molecule has 0 heterocycles. The molecule has 92 valence electrons. The van der Waals surface area contributed by atoms with Crippen LogP contribution in [-0.2, 0) is 9.57 Å². The van der Waals surface area contributed by atoms with Crippen LogP contribution >= 0.6 is 0 Å². The van der Waals surface area contributed by atoms with Crippen molar-refractivity contribution in [1.29, 1.82) is 0 Å². The van der Waals surface area contributed by atoms with Gasteiger partial charge >= 0.3 is 6.09 Å². The number of carbonyl (C=O) groups is 1. The molecule has 0 aromatic rings. The van der Waals surface area contributed by atoms with Gasteiger partial charge in [-0.25, -0.2) is 4.79 Å². The lowest BCUT2D eigenvalue weighted by Gasteiger charge is -2.27. The summed E-state index contributed by atoms with van der Waals surface area (Å²) in [4.78, 5) is 25.7. The van der Waals surface area contributed by atoms with E-state index in [0.29, 0.717) is 32.3 Å². The molecule has 1 N–H and O–H groups in total. The number of nitrogens with zero attached hydrogens (tertiary/aromatic N) is 1. The van der Waals surface area contributed by atoms with E-state index in [0.717, 1.165) is 0 Å². The fourth-order valence-corrected chi connectivity index (χ4v) is 1.77. The van der Waals surface area contributed by atoms with Gasteiger partial charge in [0.25, 0.3) is 5.09 Å². The van der Waals surface area contributed by atoms with Gasteiger partial charge in [-0.3, -0.25) is 0 Å². The van der Waals surface area contributed by atoms with E-state index < -0.39 is 11.2 Å². The molecule has 1 aliphatic rings. The van der Waals surface area contributed by atoms with Crippen LogP contribution in [0.1, 0.15) is 32.6 Å². The lowest BCUT2D eigenvalue weighted by Crippen LogP contribution is -2.39. The van der Waals surface area contributed by atoms with Crippen molar-refractivity contribution in [3.8, 4) is 0 Å². The highest BCUT2D eigenvalue weighted by molar-refractivity contribution is 5.67. The number of hydrogen-bond donors (Lipinski definition) is 1. The van der Waals surface area contributed by atoms with Gasteiger partial charge in [0, 0.05) is 6.04 Å². The van der Waals surface area contributed by atoms with Gasteiger partial charge < -0.3 is 14.9 Å². The maximum atomic E-state index is 11.1. The molecule has 0 aliphatic heterocycles. The van der Waals surface area contributed by atoms with Crippen molar-refractivity contribution in [2.24, 2.45) is 0 Å². The van der Waals surface area contributed by atoms with E-state index in [9.17, 15) is 14.9 Å². The number of alkyl carbamates (subject to hydrolysis) is 1. The summed E-state index contributed by atoms with van der Waals surface area (Å²) in [7, 11) is 0. The zero-order valence-corrected chi connectivity index (χ0v) is 9.18. The number of ether oxygens (including phenoxy) is 1. The third kappa shape index (κ3) is 4.33. The van der Waals surface area contributed by atoms with E-state index in [4.69, 9.17) is 4.74 Å². The van der Waals surface area contributed by atoms with Crippen LogP contribution in [0.4, 0.5) is 4.79 Å². The molecule has 0 atom stereocenters. The molecule has 16 heavy (non-hydrogen) atoms. The minimum absolute atomic E-state index is 0.0330. The summed E-state index contributed by atoms with van der Waals surface area (Å²) in [6, 6.07) is 0.0330. The van der Waals surface area contributed by atoms with Crippen LogP contribution in [0.15, 0.2) is 0 Å². The first-order valence-corrected chi connectivity index (χ1v) is 5.36. The van der Waals surface area contributed by atoms with Crippen molar-refractivity contribution in [2.75, 3.05) is 6.61 Å². The fraction of sp³-hybridized carbons (Fsp3) is 0.889. The molecule has 7 heteroatoms. The van der Waals surface area contributed by atoms with E-state index in [-0.39, 0.29) is 12.1 Å². The van der Waals surface area contributed by atoms with E-state index in [1.54, 1.807) is 6.92 Å². The Bertz CT molecular complexity index is 250. The van der Waals surface area contributed by atoms with Crippen LogP contribution in [-0.4, -0.2) is 29.9 Å². The smallest absolute Gasteiger partial charge is 0.407 e. The van der Waals surface area contributed by atoms with Gasteiger partial charge in [0.2, 0.25) is 0 Å². The molecule has 0 bridgehead atoms. The van der Waals surface area contributed by atoms with E-state index >= 15 is 0 Å². The predicted molar refractivity (Wildman–Crippen MR) is 54.3 cm³/mol. The van der Waals surface area contributed by atoms with Crippen LogP contribution in [0.2, 0.25) is 0 Å². The van der Waals surface area contributed by atoms with Crippen LogP contribution < -0.4 is 5.32 Å². The molecule has 1 amide bonds. The zero-order chi connectivity index (χ0) is 12.0. The first-order valence-electron chi connectivity index (χ1n) is 5.36. The molecule has 1 aliphatic carbocycles. The largest absolute Gasteiger partial charge is 0.450 e. The first-order chi connectivity index (χ1) is 7.61. The Balaban J connectivity index is 2.21. The molecule has 7 nitrogen and oxygen atoms in total. The Morgan fingerprint density at radius 2 is 2.06 bits per heavy atom. The Morgan fingerprint density at radius 1 is 1.44 bits per heavy atom. The average Bonchev–Trinajstić information content (AvgIpc) is 2.20. The molecule has 0 spiro atoms. The van der Waals surface area contributed by atoms with E-state index in [1.807, 2.05) is 0 Å². The molecular formula is C9H16N2O5. The summed E-state index contributed by atoms with van der Waals surface area (Å²) in [5.41, 5.74) is 0. The van der Waals surface area contributed by atoms with Gasteiger partial charge in [0.15, 0.2) is 0 Å². The molecule has 0 unspecified atom stereocenters. The number of rotatable bonds is 4. The highest BCUT2D eigenvalue weighted by atomic mass is 17.0. The van der Waals surface area contributed by atoms with E-state index in [1.165, 1.54) is 0 Å². The summed E-state index contributed by atoms with van der Waals surface area (Å²) in [6.07, 6.45) is 1.75. The number of hydrogen-bond acceptors (Lipinski definition) is 5. The number of amides is 1. The minimum atomic E-state index is -0.760. The Kier molecular flexibility index (Phi) is 4.81. The van der Waals surface area contributed by atoms with Crippen LogP contribution in [0.25, 0.3) is 0 Å². The van der Waals surface area contributed by atoms with Crippen molar-refractivity contribution in [2.45, 2.75) is 44.8 Å². The Hall–Kier alpha value is -1.53. The molecule has 0 aromatic carbocycles. The molecular weight excluding hydrogens is 216 g/mol. The van der Waals surface area contributed by atoms with Crippen molar-refractivity contribution in [3.63, 3.8) is 0 Å². The minimum Gasteiger partial charge on any atom is -0.450 e. The van der Waals surface area contributed by atoms with Crippen molar-refractivity contribution in [3.05, 3.63) is 10.1 Å². The van der Waals surface area contributed by atoms with Crippen LogP contribution in [0, 0.1) is 10.1 Å². The van der Waals surface area contributed by atoms with Crippen LogP contribution in [0.3, 0.4) is 0 Å². The predicted octanol–water partition coefficient (Wildman–Crippen LogP) is 1.25. The molecule has 0 aromatic heterocycles. The third-order valence-corrected chi connectivity index (χ3v) is 2.51. The third-order valence-electron chi connectivity index (χ3n) is 2.51. The van der Waals surface area contributed by atoms with Crippen LogP contribution in [0.5, 0.6) is 0 Å². The zero-order valence-electron chi connectivity index (χ0n) is 9.18. The van der Waals surface area contributed by atoms with Crippen molar-refractivity contribution >= 4 is 6.09 Å². The molecule has 0 radical (unpaired) electrons. The monoisotopic (exact) mass is 232 g/mol. The summed E-state index contributed by atoms with van der Waals surface area (Å²) >= 11 is 0. The maximum Gasteiger partial charge on any atom is 0.407 e. The van der Waals surface area contributed by atoms with Crippen molar-refractivity contribution in [1.82, 2.24) is 5.32 Å². The second kappa shape index (κ2) is 6.14. The maximum absolute atomic E-state index is 11.1. The van der Waals surface area contributed by atoms with Gasteiger partial charge in [0.05, 0.1) is 6.61 Å². The van der Waals surface area contributed by atoms with Gasteiger partial charge in [-0.15, -0.1) is 10.1 Å². The second-order valence-corrected chi connectivity index (χ2v) is 3.67. The molecule has 1 rings (SSSR count). The first kappa shape index (κ1) is 12.5. The average molecular weight is 232 g/mol. The highest BCUT2D eigenvalue weighted by Gasteiger charge is 2.24. The molecule has 1 saturated carbocycles. The van der Waals surface area contributed by atoms with Gasteiger partial charge in [-0.2, -0.15) is 0 Å². The van der Waals surface area contributed by atoms with E-state index in [2.05, 4.69) is 10.2 Å². The Labute approximate surface area is 93.2 Å².